The molecule has 0 atom stereocenters. The monoisotopic (exact) mass is 281 g/mol. The number of aliphatic hydroxyl groups excluding tert-OH is 1. The summed E-state index contributed by atoms with van der Waals surface area (Å²) < 4.78 is 0.938. The normalized spacial score (nSPS) is 9.79. The van der Waals surface area contributed by atoms with Crippen LogP contribution in [0.4, 0.5) is 0 Å². The third kappa shape index (κ3) is 38.2. The van der Waals surface area contributed by atoms with Crippen molar-refractivity contribution in [2.75, 3.05) is 40.3 Å². The molecule has 0 unspecified atom stereocenters. The summed E-state index contributed by atoms with van der Waals surface area (Å²) in [7, 11) is 4.28. The number of likely N-dealkylation sites (N-methyl/N-ethyl adjacent to an activating group) is 1. The quantitative estimate of drug-likeness (QED) is 0.316. The minimum absolute atomic E-state index is 0.299. The fourth-order valence-electron chi connectivity index (χ4n) is 1.38. The lowest BCUT2D eigenvalue weighted by atomic mass is 10.3. The van der Waals surface area contributed by atoms with Crippen molar-refractivity contribution in [3.63, 3.8) is 0 Å². The zero-order valence-corrected chi connectivity index (χ0v) is 12.8. The van der Waals surface area contributed by atoms with Crippen molar-refractivity contribution in [1.29, 1.82) is 0 Å². The number of aliphatic hydroxyl groups is 1. The maximum Gasteiger partial charge on any atom is 0.102 e. The van der Waals surface area contributed by atoms with Crippen molar-refractivity contribution in [3.8, 4) is 0 Å². The topological polar surface area (TPSA) is 112 Å². The van der Waals surface area contributed by atoms with Crippen molar-refractivity contribution >= 4 is 0 Å². The minimum atomic E-state index is -1.75. The van der Waals surface area contributed by atoms with Gasteiger partial charge in [0, 0.05) is 0 Å². The standard InChI is InChI=1S/C7H18NO.C5H13N.NO3/c1-4-5-8(2,3)6-7-9;1-2-3-4-5-6;2-1(3)4/h9H,4-7H2,1-3H3;2-6H2,1H3;/q+1;;-1. The highest BCUT2D eigenvalue weighted by molar-refractivity contribution is 4.35. The van der Waals surface area contributed by atoms with Gasteiger partial charge in [-0.15, -0.1) is 0 Å². The fourth-order valence-corrected chi connectivity index (χ4v) is 1.38. The van der Waals surface area contributed by atoms with E-state index in [4.69, 9.17) is 26.2 Å². The molecule has 0 fully saturated rings. The van der Waals surface area contributed by atoms with Gasteiger partial charge in [-0.3, -0.25) is 0 Å². The van der Waals surface area contributed by atoms with E-state index in [2.05, 4.69) is 27.9 Å². The Morgan fingerprint density at radius 1 is 1.11 bits per heavy atom. The average molecular weight is 281 g/mol. The van der Waals surface area contributed by atoms with E-state index in [0.717, 1.165) is 24.1 Å². The Hall–Kier alpha value is -0.920. The van der Waals surface area contributed by atoms with Crippen LogP contribution in [0.1, 0.15) is 39.5 Å². The summed E-state index contributed by atoms with van der Waals surface area (Å²) in [5, 5.41) is 23.4. The Balaban J connectivity index is -0.000000222. The number of hydrogen-bond donors (Lipinski definition) is 2. The van der Waals surface area contributed by atoms with Crippen LogP contribution in [0.15, 0.2) is 0 Å². The van der Waals surface area contributed by atoms with Gasteiger partial charge >= 0.3 is 0 Å². The molecule has 0 rings (SSSR count). The molecule has 0 heterocycles. The van der Waals surface area contributed by atoms with Crippen molar-refractivity contribution in [3.05, 3.63) is 15.3 Å². The summed E-state index contributed by atoms with van der Waals surface area (Å²) in [4.78, 5) is 8.25. The second-order valence-electron chi connectivity index (χ2n) is 4.83. The van der Waals surface area contributed by atoms with Gasteiger partial charge in [-0.2, -0.15) is 0 Å². The molecule has 7 heteroatoms. The predicted molar refractivity (Wildman–Crippen MR) is 78.2 cm³/mol. The summed E-state index contributed by atoms with van der Waals surface area (Å²) in [6.45, 7) is 7.52. The van der Waals surface area contributed by atoms with Gasteiger partial charge in [0.25, 0.3) is 0 Å². The van der Waals surface area contributed by atoms with Crippen molar-refractivity contribution < 1.29 is 14.7 Å². The van der Waals surface area contributed by atoms with Crippen LogP contribution in [-0.2, 0) is 0 Å². The lowest BCUT2D eigenvalue weighted by molar-refractivity contribution is -0.890. The van der Waals surface area contributed by atoms with Crippen LogP contribution >= 0.6 is 0 Å². The Kier molecular flexibility index (Phi) is 20.8. The molecule has 0 aromatic heterocycles. The van der Waals surface area contributed by atoms with Crippen LogP contribution < -0.4 is 5.73 Å². The summed E-state index contributed by atoms with van der Waals surface area (Å²) in [6.07, 6.45) is 4.94. The van der Waals surface area contributed by atoms with Crippen LogP contribution in [0.2, 0.25) is 0 Å². The molecule has 0 aliphatic heterocycles. The van der Waals surface area contributed by atoms with Gasteiger partial charge in [-0.05, 0) is 19.4 Å². The van der Waals surface area contributed by atoms with Crippen LogP contribution in [0, 0.1) is 15.3 Å². The van der Waals surface area contributed by atoms with Crippen LogP contribution in [0.5, 0.6) is 0 Å². The highest BCUT2D eigenvalue weighted by atomic mass is 16.9. The number of rotatable bonds is 7. The molecule has 0 aliphatic rings. The largest absolute Gasteiger partial charge is 0.391 e. The molecule has 0 bridgehead atoms. The Labute approximate surface area is 116 Å². The maximum absolute atomic E-state index is 8.61. The van der Waals surface area contributed by atoms with Gasteiger partial charge in [0.1, 0.15) is 6.54 Å². The van der Waals surface area contributed by atoms with E-state index in [1.807, 2.05) is 0 Å². The number of hydrogen-bond acceptors (Lipinski definition) is 5. The second-order valence-corrected chi connectivity index (χ2v) is 4.83. The summed E-state index contributed by atoms with van der Waals surface area (Å²) >= 11 is 0. The number of unbranched alkanes of at least 4 members (excludes halogenated alkanes) is 2. The van der Waals surface area contributed by atoms with E-state index in [1.165, 1.54) is 25.7 Å². The first-order valence-electron chi connectivity index (χ1n) is 6.71. The van der Waals surface area contributed by atoms with Crippen molar-refractivity contribution in [2.24, 2.45) is 5.73 Å². The summed E-state index contributed by atoms with van der Waals surface area (Å²) in [5.41, 5.74) is 5.21. The average Bonchev–Trinajstić information content (AvgIpc) is 2.26. The molecule has 118 valence electrons. The molecule has 0 aliphatic carbocycles. The predicted octanol–water partition coefficient (Wildman–Crippen LogP) is 1.36. The lowest BCUT2D eigenvalue weighted by Crippen LogP contribution is -2.42. The third-order valence-corrected chi connectivity index (χ3v) is 2.34. The van der Waals surface area contributed by atoms with Gasteiger partial charge in [0.15, 0.2) is 0 Å². The van der Waals surface area contributed by atoms with Crippen molar-refractivity contribution in [1.82, 2.24) is 0 Å². The van der Waals surface area contributed by atoms with E-state index in [0.29, 0.717) is 6.61 Å². The van der Waals surface area contributed by atoms with Gasteiger partial charge in [0.2, 0.25) is 0 Å². The summed E-state index contributed by atoms with van der Waals surface area (Å²) in [5.74, 6) is 0. The first-order valence-corrected chi connectivity index (χ1v) is 6.71. The van der Waals surface area contributed by atoms with E-state index in [1.54, 1.807) is 0 Å². The molecular formula is C12H31N3O4. The van der Waals surface area contributed by atoms with Crippen LogP contribution in [-0.4, -0.2) is 55.0 Å². The molecular weight excluding hydrogens is 250 g/mol. The smallest absolute Gasteiger partial charge is 0.102 e. The number of quaternary nitrogens is 1. The van der Waals surface area contributed by atoms with E-state index < -0.39 is 5.09 Å². The maximum atomic E-state index is 8.61. The highest BCUT2D eigenvalue weighted by Crippen LogP contribution is 1.96. The van der Waals surface area contributed by atoms with Crippen molar-refractivity contribution in [2.45, 2.75) is 39.5 Å². The molecule has 0 saturated heterocycles. The summed E-state index contributed by atoms with van der Waals surface area (Å²) in [6, 6.07) is 0. The molecule has 0 radical (unpaired) electrons. The second kappa shape index (κ2) is 17.1. The molecule has 3 N–H and O–H groups in total. The molecule has 0 amide bonds. The number of nitrogens with two attached hydrogens (primary N) is 1. The van der Waals surface area contributed by atoms with Gasteiger partial charge in [-0.1, -0.05) is 26.7 Å². The van der Waals surface area contributed by atoms with E-state index in [-0.39, 0.29) is 0 Å². The van der Waals surface area contributed by atoms with E-state index in [9.17, 15) is 0 Å². The first-order chi connectivity index (χ1) is 8.77. The zero-order valence-electron chi connectivity index (χ0n) is 12.8. The van der Waals surface area contributed by atoms with Crippen LogP contribution in [0.3, 0.4) is 0 Å². The molecule has 0 spiro atoms. The molecule has 19 heavy (non-hydrogen) atoms. The van der Waals surface area contributed by atoms with Gasteiger partial charge < -0.3 is 30.6 Å². The molecule has 0 saturated carbocycles. The van der Waals surface area contributed by atoms with Crippen LogP contribution in [0.25, 0.3) is 0 Å². The number of nitrogens with zero attached hydrogens (tertiary/aromatic N) is 2. The van der Waals surface area contributed by atoms with E-state index >= 15 is 0 Å². The lowest BCUT2D eigenvalue weighted by Gasteiger charge is -2.28. The minimum Gasteiger partial charge on any atom is -0.391 e. The molecule has 0 aromatic carbocycles. The molecule has 0 aromatic rings. The zero-order chi connectivity index (χ0) is 15.7. The van der Waals surface area contributed by atoms with Gasteiger partial charge in [0.05, 0.1) is 32.3 Å². The Morgan fingerprint density at radius 3 is 1.79 bits per heavy atom. The third-order valence-electron chi connectivity index (χ3n) is 2.34. The fraction of sp³-hybridized carbons (Fsp3) is 1.00. The Morgan fingerprint density at radius 2 is 1.58 bits per heavy atom. The SMILES string of the molecule is CCCCCN.CCC[N+](C)(C)CCO.O=[N+]([O-])[O-]. The first kappa shape index (κ1) is 23.2. The highest BCUT2D eigenvalue weighted by Gasteiger charge is 2.10. The Bertz CT molecular complexity index is 174. The van der Waals surface area contributed by atoms with Gasteiger partial charge in [-0.25, -0.2) is 0 Å². The molecule has 7 nitrogen and oxygen atoms in total.